The number of nitrogens with zero attached hydrogens (tertiary/aromatic N) is 1. The molecular weight excluding hydrogens is 340 g/mol. The third kappa shape index (κ3) is 3.84. The van der Waals surface area contributed by atoms with Crippen LogP contribution in [0, 0.1) is 0 Å². The molecule has 126 valence electrons. The maximum absolute atomic E-state index is 12.2. The summed E-state index contributed by atoms with van der Waals surface area (Å²) in [5, 5.41) is 9.62. The Kier molecular flexibility index (Phi) is 4.76. The average molecular weight is 354 g/mol. The summed E-state index contributed by atoms with van der Waals surface area (Å²) >= 11 is 1.18. The molecule has 0 unspecified atom stereocenters. The van der Waals surface area contributed by atoms with E-state index < -0.39 is 0 Å². The molecule has 2 N–H and O–H groups in total. The number of phenols is 1. The lowest BCUT2D eigenvalue weighted by atomic mass is 10.2. The van der Waals surface area contributed by atoms with Crippen LogP contribution in [0.25, 0.3) is 12.2 Å². The van der Waals surface area contributed by atoms with Crippen molar-refractivity contribution in [3.05, 3.63) is 73.4 Å². The Morgan fingerprint density at radius 3 is 2.76 bits per heavy atom. The van der Waals surface area contributed by atoms with Gasteiger partial charge in [-0.3, -0.25) is 14.6 Å². The Morgan fingerprint density at radius 1 is 1.28 bits per heavy atom. The fraction of sp³-hybridized carbons (Fsp3) is 0.0556. The van der Waals surface area contributed by atoms with Gasteiger partial charge in [0.25, 0.3) is 5.56 Å². The van der Waals surface area contributed by atoms with Crippen molar-refractivity contribution in [2.45, 2.75) is 0 Å². The largest absolute Gasteiger partial charge is 0.504 e. The first kappa shape index (κ1) is 16.7. The number of ether oxygens (including phenoxy) is 1. The predicted molar refractivity (Wildman–Crippen MR) is 95.4 cm³/mol. The third-order valence-corrected chi connectivity index (χ3v) is 4.37. The summed E-state index contributed by atoms with van der Waals surface area (Å²) in [7, 11) is 1.45. The van der Waals surface area contributed by atoms with Crippen LogP contribution in [0.1, 0.15) is 15.9 Å². The van der Waals surface area contributed by atoms with E-state index in [-0.39, 0.29) is 17.1 Å². The maximum atomic E-state index is 12.2. The van der Waals surface area contributed by atoms with Crippen molar-refractivity contribution in [3.8, 4) is 11.5 Å². The number of carbonyl (C=O) groups is 1. The molecule has 0 atom stereocenters. The number of methoxy groups -OCH3 is 1. The van der Waals surface area contributed by atoms with Crippen LogP contribution in [0.5, 0.6) is 11.5 Å². The lowest BCUT2D eigenvalue weighted by molar-refractivity contribution is 0.106. The van der Waals surface area contributed by atoms with E-state index in [4.69, 9.17) is 4.74 Å². The van der Waals surface area contributed by atoms with Crippen LogP contribution >= 0.6 is 11.3 Å². The van der Waals surface area contributed by atoms with Gasteiger partial charge in [-0.2, -0.15) is 0 Å². The first-order valence-electron chi connectivity index (χ1n) is 7.31. The van der Waals surface area contributed by atoms with Gasteiger partial charge in [0.15, 0.2) is 17.3 Å². The highest BCUT2D eigenvalue weighted by atomic mass is 32.1. The van der Waals surface area contributed by atoms with Crippen LogP contribution in [0.15, 0.2) is 47.5 Å². The predicted octanol–water partition coefficient (Wildman–Crippen LogP) is 1.04. The van der Waals surface area contributed by atoms with Crippen molar-refractivity contribution in [2.24, 2.45) is 0 Å². The molecule has 0 aliphatic heterocycles. The highest BCUT2D eigenvalue weighted by Crippen LogP contribution is 2.26. The molecule has 3 rings (SSSR count). The molecule has 0 saturated heterocycles. The van der Waals surface area contributed by atoms with Gasteiger partial charge < -0.3 is 14.8 Å². The minimum Gasteiger partial charge on any atom is -0.504 e. The molecule has 3 aromatic rings. The van der Waals surface area contributed by atoms with Gasteiger partial charge in [0.1, 0.15) is 0 Å². The highest BCUT2D eigenvalue weighted by molar-refractivity contribution is 7.07. The number of phenolic OH excluding ortho intramolecular Hbond substituents is 1. The number of nitrogens with one attached hydrogen (secondary N) is 1. The van der Waals surface area contributed by atoms with E-state index in [1.165, 1.54) is 43.0 Å². The molecule has 0 radical (unpaired) electrons. The monoisotopic (exact) mass is 354 g/mol. The maximum Gasteiger partial charge on any atom is 0.266 e. The van der Waals surface area contributed by atoms with Gasteiger partial charge in [0.2, 0.25) is 0 Å². The number of thiazole rings is 1. The number of H-pyrrole nitrogens is 1. The van der Waals surface area contributed by atoms with E-state index in [2.05, 4.69) is 9.97 Å². The zero-order chi connectivity index (χ0) is 17.8. The molecule has 1 aromatic carbocycles. The van der Waals surface area contributed by atoms with Crippen LogP contribution < -0.4 is 19.5 Å². The molecule has 0 amide bonds. The molecule has 0 bridgehead atoms. The second-order valence-electron chi connectivity index (χ2n) is 5.10. The Morgan fingerprint density at radius 2 is 2.04 bits per heavy atom. The Balaban J connectivity index is 1.99. The number of carbonyl (C=O) groups excluding carboxylic acids is 1. The minimum atomic E-state index is -0.286. The summed E-state index contributed by atoms with van der Waals surface area (Å²) < 4.78 is 5.96. The zero-order valence-electron chi connectivity index (χ0n) is 13.2. The SMILES string of the molecule is COc1cc(C=c2sc(=CC(=O)c3ccncc3)[nH]c2=O)ccc1O. The number of aromatic amines is 1. The van der Waals surface area contributed by atoms with Crippen molar-refractivity contribution in [3.63, 3.8) is 0 Å². The second-order valence-corrected chi connectivity index (χ2v) is 6.19. The number of aromatic hydroxyl groups is 1. The molecule has 6 nitrogen and oxygen atoms in total. The van der Waals surface area contributed by atoms with E-state index in [1.807, 2.05) is 0 Å². The molecule has 0 aliphatic carbocycles. The van der Waals surface area contributed by atoms with E-state index in [0.29, 0.717) is 26.1 Å². The Labute approximate surface area is 146 Å². The van der Waals surface area contributed by atoms with E-state index in [0.717, 1.165) is 0 Å². The van der Waals surface area contributed by atoms with E-state index in [9.17, 15) is 14.7 Å². The van der Waals surface area contributed by atoms with Gasteiger partial charge in [-0.1, -0.05) is 6.07 Å². The smallest absolute Gasteiger partial charge is 0.266 e. The summed E-state index contributed by atoms with van der Waals surface area (Å²) in [6.45, 7) is 0. The van der Waals surface area contributed by atoms with Gasteiger partial charge in [0, 0.05) is 24.0 Å². The van der Waals surface area contributed by atoms with Crippen molar-refractivity contribution < 1.29 is 14.6 Å². The Hall–Kier alpha value is -3.19. The molecular formula is C18H14N2O4S. The topological polar surface area (TPSA) is 92.3 Å². The molecule has 0 spiro atoms. The summed E-state index contributed by atoms with van der Waals surface area (Å²) in [6.07, 6.45) is 6.13. The van der Waals surface area contributed by atoms with Crippen molar-refractivity contribution in [2.75, 3.05) is 7.11 Å². The van der Waals surface area contributed by atoms with Crippen LogP contribution in [-0.4, -0.2) is 28.0 Å². The van der Waals surface area contributed by atoms with Gasteiger partial charge >= 0.3 is 0 Å². The number of ketones is 1. The van der Waals surface area contributed by atoms with Crippen LogP contribution in [0.4, 0.5) is 0 Å². The minimum absolute atomic E-state index is 0.0247. The number of Topliss-reactive ketones (excluding diaryl/α,β-unsaturated/α-hetero) is 1. The van der Waals surface area contributed by atoms with Gasteiger partial charge in [-0.25, -0.2) is 0 Å². The fourth-order valence-corrected chi connectivity index (χ4v) is 3.06. The third-order valence-electron chi connectivity index (χ3n) is 3.41. The lowest BCUT2D eigenvalue weighted by Gasteiger charge is -2.03. The molecule has 0 aliphatic rings. The number of benzene rings is 1. The molecule has 2 heterocycles. The van der Waals surface area contributed by atoms with Crippen LogP contribution in [0.3, 0.4) is 0 Å². The van der Waals surface area contributed by atoms with Crippen LogP contribution in [0.2, 0.25) is 0 Å². The lowest BCUT2D eigenvalue weighted by Crippen LogP contribution is -2.20. The molecule has 0 fully saturated rings. The highest BCUT2D eigenvalue weighted by Gasteiger charge is 2.04. The standard InChI is InChI=1S/C18H14N2O4S/c1-24-15-8-11(2-3-13(15)21)9-16-18(23)20-17(25-16)10-14(22)12-4-6-19-7-5-12/h2-10,21H,1H3,(H,20,23). The Bertz CT molecular complexity index is 1080. The van der Waals surface area contributed by atoms with Crippen LogP contribution in [-0.2, 0) is 0 Å². The first-order chi connectivity index (χ1) is 12.1. The summed E-state index contributed by atoms with van der Waals surface area (Å²) in [5.41, 5.74) is 0.915. The van der Waals surface area contributed by atoms with Crippen molar-refractivity contribution in [1.82, 2.24) is 9.97 Å². The summed E-state index contributed by atoms with van der Waals surface area (Å²) in [5.74, 6) is 0.135. The first-order valence-corrected chi connectivity index (χ1v) is 8.12. The van der Waals surface area contributed by atoms with Crippen molar-refractivity contribution >= 4 is 29.3 Å². The molecule has 0 saturated carbocycles. The summed E-state index contributed by atoms with van der Waals surface area (Å²) in [6, 6.07) is 8.01. The number of rotatable bonds is 4. The van der Waals surface area contributed by atoms with Crippen molar-refractivity contribution in [1.29, 1.82) is 0 Å². The number of aromatic nitrogens is 2. The average Bonchev–Trinajstić information content (AvgIpc) is 2.96. The van der Waals surface area contributed by atoms with Gasteiger partial charge in [-0.15, -0.1) is 11.3 Å². The molecule has 25 heavy (non-hydrogen) atoms. The molecule has 2 aromatic heterocycles. The number of hydrogen-bond donors (Lipinski definition) is 2. The quantitative estimate of drug-likeness (QED) is 0.683. The number of hydrogen-bond acceptors (Lipinski definition) is 6. The number of pyridine rings is 1. The zero-order valence-corrected chi connectivity index (χ0v) is 14.0. The summed E-state index contributed by atoms with van der Waals surface area (Å²) in [4.78, 5) is 30.8. The normalized spacial score (nSPS) is 12.4. The van der Waals surface area contributed by atoms with Gasteiger partial charge in [0.05, 0.1) is 16.3 Å². The van der Waals surface area contributed by atoms with E-state index in [1.54, 1.807) is 30.3 Å². The van der Waals surface area contributed by atoms with E-state index >= 15 is 0 Å². The second kappa shape index (κ2) is 7.14. The molecule has 7 heteroatoms. The van der Waals surface area contributed by atoms with Gasteiger partial charge in [-0.05, 0) is 35.9 Å². The fourth-order valence-electron chi connectivity index (χ4n) is 2.18.